The van der Waals surface area contributed by atoms with E-state index in [1.807, 2.05) is 0 Å². The number of anilines is 1. The van der Waals surface area contributed by atoms with Crippen LogP contribution in [0.4, 0.5) is 10.5 Å². The molecule has 0 unspecified atom stereocenters. The van der Waals surface area contributed by atoms with Gasteiger partial charge in [-0.15, -0.1) is 0 Å². The zero-order valence-corrected chi connectivity index (χ0v) is 18.0. The number of rotatable bonds is 6. The van der Waals surface area contributed by atoms with Gasteiger partial charge in [-0.2, -0.15) is 0 Å². The molecule has 10 heteroatoms. The number of hydrogen-bond donors (Lipinski definition) is 1. The zero-order chi connectivity index (χ0) is 21.1. The molecule has 0 atom stereocenters. The molecule has 2 aromatic rings. The molecule has 29 heavy (non-hydrogen) atoms. The summed E-state index contributed by atoms with van der Waals surface area (Å²) in [5.74, 6) is -1.08. The average molecular weight is 499 g/mol. The van der Waals surface area contributed by atoms with E-state index in [9.17, 15) is 14.4 Å². The molecule has 0 bridgehead atoms. The molecule has 2 amide bonds. The molecule has 1 saturated heterocycles. The quantitative estimate of drug-likeness (QED) is 0.571. The Hall–Kier alpha value is -2.49. The van der Waals surface area contributed by atoms with E-state index in [1.165, 1.54) is 19.2 Å². The van der Waals surface area contributed by atoms with Crippen molar-refractivity contribution >= 4 is 68.2 Å². The van der Waals surface area contributed by atoms with Crippen LogP contribution in [-0.4, -0.2) is 35.9 Å². The predicted molar refractivity (Wildman–Crippen MR) is 114 cm³/mol. The molecular weight excluding hydrogens is 486 g/mol. The minimum absolute atomic E-state index is 0.219. The van der Waals surface area contributed by atoms with Gasteiger partial charge in [-0.05, 0) is 53.7 Å². The molecule has 1 heterocycles. The molecular formula is C19H13BrClNO6S. The number of imide groups is 1. The van der Waals surface area contributed by atoms with Crippen LogP contribution < -0.4 is 14.4 Å². The van der Waals surface area contributed by atoms with E-state index in [1.54, 1.807) is 30.3 Å². The summed E-state index contributed by atoms with van der Waals surface area (Å²) < 4.78 is 11.0. The highest BCUT2D eigenvalue weighted by molar-refractivity contribution is 9.10. The first-order chi connectivity index (χ1) is 13.8. The van der Waals surface area contributed by atoms with Crippen molar-refractivity contribution in [2.45, 2.75) is 0 Å². The number of carboxylic acids is 1. The summed E-state index contributed by atoms with van der Waals surface area (Å²) in [6.45, 7) is -0.527. The number of halogens is 2. The summed E-state index contributed by atoms with van der Waals surface area (Å²) in [6, 6.07) is 9.58. The fourth-order valence-electron chi connectivity index (χ4n) is 2.52. The molecule has 0 aromatic heterocycles. The van der Waals surface area contributed by atoms with Gasteiger partial charge in [0.25, 0.3) is 11.1 Å². The van der Waals surface area contributed by atoms with Gasteiger partial charge in [0.2, 0.25) is 0 Å². The van der Waals surface area contributed by atoms with Crippen LogP contribution >= 0.6 is 39.3 Å². The Balaban J connectivity index is 1.92. The van der Waals surface area contributed by atoms with Crippen LogP contribution in [0.25, 0.3) is 6.08 Å². The van der Waals surface area contributed by atoms with E-state index < -0.39 is 23.7 Å². The fourth-order valence-corrected chi connectivity index (χ4v) is 3.97. The monoisotopic (exact) mass is 497 g/mol. The normalized spacial score (nSPS) is 15.1. The number of ether oxygens (including phenoxy) is 2. The number of carboxylic acid groups (broad SMARTS) is 1. The van der Waals surface area contributed by atoms with Crippen molar-refractivity contribution in [3.63, 3.8) is 0 Å². The molecule has 0 aliphatic carbocycles. The maximum absolute atomic E-state index is 12.8. The first-order valence-electron chi connectivity index (χ1n) is 8.06. The van der Waals surface area contributed by atoms with Gasteiger partial charge >= 0.3 is 5.97 Å². The summed E-state index contributed by atoms with van der Waals surface area (Å²) >= 11 is 10.1. The SMILES string of the molecule is COc1cc(/C=C2\SC(=O)N(c3cccc(Cl)c3)C2=O)c(Br)cc1OCC(=O)O. The second kappa shape index (κ2) is 8.89. The Morgan fingerprint density at radius 2 is 2.03 bits per heavy atom. The lowest BCUT2D eigenvalue weighted by atomic mass is 10.1. The number of benzene rings is 2. The van der Waals surface area contributed by atoms with Crippen molar-refractivity contribution in [3.05, 3.63) is 56.4 Å². The van der Waals surface area contributed by atoms with Crippen molar-refractivity contribution in [2.75, 3.05) is 18.6 Å². The number of thioether (sulfide) groups is 1. The maximum atomic E-state index is 12.8. The van der Waals surface area contributed by atoms with Crippen molar-refractivity contribution in [1.82, 2.24) is 0 Å². The number of aliphatic carboxylic acids is 1. The van der Waals surface area contributed by atoms with Crippen LogP contribution in [0.3, 0.4) is 0 Å². The zero-order valence-electron chi connectivity index (χ0n) is 14.8. The van der Waals surface area contributed by atoms with E-state index in [-0.39, 0.29) is 16.4 Å². The molecule has 2 aromatic carbocycles. The van der Waals surface area contributed by atoms with Gasteiger partial charge < -0.3 is 14.6 Å². The minimum atomic E-state index is -1.12. The Morgan fingerprint density at radius 1 is 1.28 bits per heavy atom. The highest BCUT2D eigenvalue weighted by atomic mass is 79.9. The van der Waals surface area contributed by atoms with E-state index in [0.717, 1.165) is 16.7 Å². The molecule has 150 valence electrons. The van der Waals surface area contributed by atoms with Gasteiger partial charge in [-0.1, -0.05) is 33.6 Å². The van der Waals surface area contributed by atoms with E-state index in [2.05, 4.69) is 15.9 Å². The first-order valence-corrected chi connectivity index (χ1v) is 10.0. The smallest absolute Gasteiger partial charge is 0.341 e. The van der Waals surface area contributed by atoms with Crippen molar-refractivity contribution in [3.8, 4) is 11.5 Å². The highest BCUT2D eigenvalue weighted by Gasteiger charge is 2.36. The van der Waals surface area contributed by atoms with Crippen LogP contribution in [0.2, 0.25) is 5.02 Å². The molecule has 0 spiro atoms. The maximum Gasteiger partial charge on any atom is 0.341 e. The number of nitrogens with zero attached hydrogens (tertiary/aromatic N) is 1. The lowest BCUT2D eigenvalue weighted by molar-refractivity contribution is -0.139. The van der Waals surface area contributed by atoms with Gasteiger partial charge in [0.05, 0.1) is 17.7 Å². The Kier molecular flexibility index (Phi) is 6.51. The molecule has 1 fully saturated rings. The topological polar surface area (TPSA) is 93.1 Å². The number of carbonyl (C=O) groups excluding carboxylic acids is 2. The molecule has 0 saturated carbocycles. The van der Waals surface area contributed by atoms with Crippen LogP contribution in [0.15, 0.2) is 45.8 Å². The highest BCUT2D eigenvalue weighted by Crippen LogP contribution is 2.39. The average Bonchev–Trinajstić information content (AvgIpc) is 2.94. The standard InChI is InChI=1S/C19H13BrClNO6S/c1-27-14-5-10(13(20)8-15(14)28-9-17(23)24)6-16-18(25)22(19(26)29-16)12-4-2-3-11(21)7-12/h2-8H,9H2,1H3,(H,23,24)/b16-6-. The summed E-state index contributed by atoms with van der Waals surface area (Å²) in [6.07, 6.45) is 1.54. The second-order valence-electron chi connectivity index (χ2n) is 5.70. The fraction of sp³-hybridized carbons (Fsp3) is 0.105. The van der Waals surface area contributed by atoms with Gasteiger partial charge in [-0.25, -0.2) is 9.69 Å². The van der Waals surface area contributed by atoms with Crippen LogP contribution in [0, 0.1) is 0 Å². The largest absolute Gasteiger partial charge is 0.493 e. The summed E-state index contributed by atoms with van der Waals surface area (Å²) in [7, 11) is 1.41. The second-order valence-corrected chi connectivity index (χ2v) is 7.99. The minimum Gasteiger partial charge on any atom is -0.493 e. The summed E-state index contributed by atoms with van der Waals surface area (Å²) in [5, 5.41) is 8.74. The third-order valence-corrected chi connectivity index (χ3v) is 5.57. The molecule has 1 N–H and O–H groups in total. The van der Waals surface area contributed by atoms with E-state index in [4.69, 9.17) is 26.2 Å². The van der Waals surface area contributed by atoms with Gasteiger partial charge in [0.1, 0.15) is 0 Å². The number of amides is 2. The lowest BCUT2D eigenvalue weighted by Crippen LogP contribution is -2.27. The molecule has 1 aliphatic rings. The van der Waals surface area contributed by atoms with Crippen molar-refractivity contribution in [2.24, 2.45) is 0 Å². The number of carbonyl (C=O) groups is 3. The van der Waals surface area contributed by atoms with E-state index >= 15 is 0 Å². The first kappa shape index (κ1) is 21.2. The van der Waals surface area contributed by atoms with Crippen LogP contribution in [0.1, 0.15) is 5.56 Å². The Bertz CT molecular complexity index is 1040. The number of methoxy groups -OCH3 is 1. The molecule has 7 nitrogen and oxygen atoms in total. The summed E-state index contributed by atoms with van der Waals surface area (Å²) in [4.78, 5) is 37.1. The van der Waals surface area contributed by atoms with E-state index in [0.29, 0.717) is 20.7 Å². The molecule has 0 radical (unpaired) electrons. The van der Waals surface area contributed by atoms with Crippen molar-refractivity contribution in [1.29, 1.82) is 0 Å². The van der Waals surface area contributed by atoms with Crippen molar-refractivity contribution < 1.29 is 29.0 Å². The number of hydrogen-bond acceptors (Lipinski definition) is 6. The third-order valence-electron chi connectivity index (χ3n) is 3.78. The predicted octanol–water partition coefficient (Wildman–Crippen LogP) is 4.82. The van der Waals surface area contributed by atoms with Gasteiger partial charge in [0.15, 0.2) is 18.1 Å². The van der Waals surface area contributed by atoms with Crippen LogP contribution in [-0.2, 0) is 9.59 Å². The Morgan fingerprint density at radius 3 is 2.69 bits per heavy atom. The van der Waals surface area contributed by atoms with Crippen LogP contribution in [0.5, 0.6) is 11.5 Å². The summed E-state index contributed by atoms with van der Waals surface area (Å²) in [5.41, 5.74) is 0.943. The van der Waals surface area contributed by atoms with Gasteiger partial charge in [0, 0.05) is 9.50 Å². The molecule has 1 aliphatic heterocycles. The lowest BCUT2D eigenvalue weighted by Gasteiger charge is -2.13. The van der Waals surface area contributed by atoms with Gasteiger partial charge in [-0.3, -0.25) is 9.59 Å². The third kappa shape index (κ3) is 4.75. The molecule has 3 rings (SSSR count). The Labute approximate surface area is 183 Å².